The minimum atomic E-state index is 0.0668. The van der Waals surface area contributed by atoms with Gasteiger partial charge in [-0.1, -0.05) is 6.07 Å². The van der Waals surface area contributed by atoms with E-state index in [0.717, 1.165) is 34.5 Å². The van der Waals surface area contributed by atoms with E-state index >= 15 is 0 Å². The van der Waals surface area contributed by atoms with Crippen LogP contribution in [0.5, 0.6) is 0 Å². The number of halogens is 1. The highest BCUT2D eigenvalue weighted by atomic mass is 79.9. The van der Waals surface area contributed by atoms with Gasteiger partial charge in [-0.3, -0.25) is 9.67 Å². The van der Waals surface area contributed by atoms with Crippen molar-refractivity contribution in [3.05, 3.63) is 46.0 Å². The quantitative estimate of drug-likeness (QED) is 0.866. The number of hydrogen-bond donors (Lipinski definition) is 1. The summed E-state index contributed by atoms with van der Waals surface area (Å²) in [5, 5.41) is 7.85. The van der Waals surface area contributed by atoms with E-state index in [1.54, 1.807) is 0 Å². The van der Waals surface area contributed by atoms with E-state index in [1.807, 2.05) is 37.1 Å². The standard InChI is InChI=1S/C15H22BrN5/c1-11-5-6-12(9-18-11)14(17-2)15-13(16)10-19-21(15)8-7-20(3)4/h5-6,9-10,14,17H,7-8H2,1-4H3. The van der Waals surface area contributed by atoms with Crippen LogP contribution in [0, 0.1) is 6.92 Å². The Morgan fingerprint density at radius 1 is 1.33 bits per heavy atom. The van der Waals surface area contributed by atoms with Crippen LogP contribution in [-0.2, 0) is 6.54 Å². The molecule has 0 amide bonds. The zero-order chi connectivity index (χ0) is 15.4. The number of nitrogens with zero attached hydrogens (tertiary/aromatic N) is 4. The molecule has 0 aliphatic rings. The molecule has 0 fully saturated rings. The molecule has 1 atom stereocenters. The average molecular weight is 352 g/mol. The third-order valence-corrected chi connectivity index (χ3v) is 4.03. The van der Waals surface area contributed by atoms with Crippen LogP contribution >= 0.6 is 15.9 Å². The van der Waals surface area contributed by atoms with E-state index in [0.29, 0.717) is 0 Å². The van der Waals surface area contributed by atoms with E-state index in [-0.39, 0.29) is 6.04 Å². The Hall–Kier alpha value is -1.24. The van der Waals surface area contributed by atoms with E-state index < -0.39 is 0 Å². The van der Waals surface area contributed by atoms with Gasteiger partial charge in [0.2, 0.25) is 0 Å². The lowest BCUT2D eigenvalue weighted by Crippen LogP contribution is -2.25. The summed E-state index contributed by atoms with van der Waals surface area (Å²) < 4.78 is 3.06. The number of aryl methyl sites for hydroxylation is 1. The molecule has 0 saturated heterocycles. The zero-order valence-electron chi connectivity index (χ0n) is 13.0. The molecule has 2 aromatic rings. The fourth-order valence-electron chi connectivity index (χ4n) is 2.24. The second-order valence-corrected chi connectivity index (χ2v) is 6.21. The number of likely N-dealkylation sites (N-methyl/N-ethyl adjacent to an activating group) is 1. The van der Waals surface area contributed by atoms with Gasteiger partial charge in [0.05, 0.1) is 29.0 Å². The Kier molecular flexibility index (Phi) is 5.50. The van der Waals surface area contributed by atoms with Crippen molar-refractivity contribution in [2.45, 2.75) is 19.5 Å². The first-order chi connectivity index (χ1) is 10.0. The summed E-state index contributed by atoms with van der Waals surface area (Å²) in [6, 6.07) is 4.21. The Morgan fingerprint density at radius 3 is 2.67 bits per heavy atom. The van der Waals surface area contributed by atoms with Crippen LogP contribution in [0.15, 0.2) is 29.0 Å². The predicted octanol–water partition coefficient (Wildman–Crippen LogP) is 2.22. The van der Waals surface area contributed by atoms with E-state index in [2.05, 4.69) is 56.4 Å². The molecular formula is C15H22BrN5. The summed E-state index contributed by atoms with van der Waals surface area (Å²) in [7, 11) is 6.09. The van der Waals surface area contributed by atoms with E-state index in [9.17, 15) is 0 Å². The summed E-state index contributed by atoms with van der Waals surface area (Å²) in [6.07, 6.45) is 3.78. The van der Waals surface area contributed by atoms with E-state index in [1.165, 1.54) is 0 Å². The van der Waals surface area contributed by atoms with E-state index in [4.69, 9.17) is 0 Å². The van der Waals surface area contributed by atoms with Crippen molar-refractivity contribution in [2.24, 2.45) is 0 Å². The maximum atomic E-state index is 4.48. The Balaban J connectivity index is 2.33. The molecule has 1 unspecified atom stereocenters. The SMILES string of the molecule is CNC(c1ccc(C)nc1)c1c(Br)cnn1CCN(C)C. The largest absolute Gasteiger partial charge is 0.308 e. The average Bonchev–Trinajstić information content (AvgIpc) is 2.81. The van der Waals surface area contributed by atoms with Crippen molar-refractivity contribution in [3.8, 4) is 0 Å². The highest BCUT2D eigenvalue weighted by Gasteiger charge is 2.20. The van der Waals surface area contributed by atoms with Crippen LogP contribution in [-0.4, -0.2) is 47.4 Å². The fourth-order valence-corrected chi connectivity index (χ4v) is 2.77. The van der Waals surface area contributed by atoms with Crippen LogP contribution < -0.4 is 5.32 Å². The summed E-state index contributed by atoms with van der Waals surface area (Å²) in [5.74, 6) is 0. The number of pyridine rings is 1. The first-order valence-corrected chi connectivity index (χ1v) is 7.78. The fraction of sp³-hybridized carbons (Fsp3) is 0.467. The molecule has 0 saturated carbocycles. The molecule has 0 aromatic carbocycles. The van der Waals surface area contributed by atoms with Gasteiger partial charge in [-0.2, -0.15) is 5.10 Å². The van der Waals surface area contributed by atoms with Crippen molar-refractivity contribution in [2.75, 3.05) is 27.7 Å². The number of aromatic nitrogens is 3. The normalized spacial score (nSPS) is 12.9. The Bertz CT molecular complexity index is 576. The molecule has 0 aliphatic carbocycles. The van der Waals surface area contributed by atoms with Gasteiger partial charge in [0, 0.05) is 18.4 Å². The van der Waals surface area contributed by atoms with Crippen molar-refractivity contribution < 1.29 is 0 Å². The topological polar surface area (TPSA) is 46.0 Å². The number of nitrogens with one attached hydrogen (secondary N) is 1. The lowest BCUT2D eigenvalue weighted by molar-refractivity contribution is 0.366. The third kappa shape index (κ3) is 3.90. The van der Waals surface area contributed by atoms with Crippen molar-refractivity contribution in [1.82, 2.24) is 25.0 Å². The van der Waals surface area contributed by atoms with Crippen LogP contribution in [0.2, 0.25) is 0 Å². The van der Waals surface area contributed by atoms with Gasteiger partial charge in [0.15, 0.2) is 0 Å². The van der Waals surface area contributed by atoms with Gasteiger partial charge in [0.1, 0.15) is 0 Å². The van der Waals surface area contributed by atoms with Crippen LogP contribution in [0.4, 0.5) is 0 Å². The van der Waals surface area contributed by atoms with Gasteiger partial charge in [-0.15, -0.1) is 0 Å². The molecule has 0 spiro atoms. The minimum absolute atomic E-state index is 0.0668. The lowest BCUT2D eigenvalue weighted by Gasteiger charge is -2.20. The van der Waals surface area contributed by atoms with Gasteiger partial charge in [-0.25, -0.2) is 0 Å². The zero-order valence-corrected chi connectivity index (χ0v) is 14.6. The lowest BCUT2D eigenvalue weighted by atomic mass is 10.1. The first kappa shape index (κ1) is 16.1. The first-order valence-electron chi connectivity index (χ1n) is 6.98. The van der Waals surface area contributed by atoms with Crippen LogP contribution in [0.25, 0.3) is 0 Å². The Labute approximate surface area is 134 Å². The highest BCUT2D eigenvalue weighted by molar-refractivity contribution is 9.10. The van der Waals surface area contributed by atoms with Gasteiger partial charge >= 0.3 is 0 Å². The van der Waals surface area contributed by atoms with Gasteiger partial charge < -0.3 is 10.2 Å². The molecule has 21 heavy (non-hydrogen) atoms. The smallest absolute Gasteiger partial charge is 0.0772 e. The maximum Gasteiger partial charge on any atom is 0.0772 e. The summed E-state index contributed by atoms with van der Waals surface area (Å²) in [5.41, 5.74) is 3.29. The van der Waals surface area contributed by atoms with Crippen molar-refractivity contribution >= 4 is 15.9 Å². The van der Waals surface area contributed by atoms with Gasteiger partial charge in [0.25, 0.3) is 0 Å². The third-order valence-electron chi connectivity index (χ3n) is 3.42. The molecule has 2 rings (SSSR count). The van der Waals surface area contributed by atoms with Crippen LogP contribution in [0.3, 0.4) is 0 Å². The summed E-state index contributed by atoms with van der Waals surface area (Å²) in [4.78, 5) is 6.55. The molecule has 2 aromatic heterocycles. The van der Waals surface area contributed by atoms with Crippen molar-refractivity contribution in [3.63, 3.8) is 0 Å². The molecule has 1 N–H and O–H groups in total. The number of hydrogen-bond acceptors (Lipinski definition) is 4. The van der Waals surface area contributed by atoms with Crippen molar-refractivity contribution in [1.29, 1.82) is 0 Å². The number of rotatable bonds is 6. The molecule has 2 heterocycles. The highest BCUT2D eigenvalue weighted by Crippen LogP contribution is 2.28. The molecular weight excluding hydrogens is 330 g/mol. The Morgan fingerprint density at radius 2 is 2.10 bits per heavy atom. The monoisotopic (exact) mass is 351 g/mol. The molecule has 114 valence electrons. The molecule has 5 nitrogen and oxygen atoms in total. The molecule has 6 heteroatoms. The summed E-state index contributed by atoms with van der Waals surface area (Å²) >= 11 is 3.62. The second-order valence-electron chi connectivity index (χ2n) is 5.36. The minimum Gasteiger partial charge on any atom is -0.308 e. The summed E-state index contributed by atoms with van der Waals surface area (Å²) in [6.45, 7) is 3.80. The second kappa shape index (κ2) is 7.15. The van der Waals surface area contributed by atoms with Crippen LogP contribution in [0.1, 0.15) is 23.0 Å². The molecule has 0 aliphatic heterocycles. The molecule has 0 radical (unpaired) electrons. The maximum absolute atomic E-state index is 4.48. The van der Waals surface area contributed by atoms with Gasteiger partial charge in [-0.05, 0) is 55.6 Å². The predicted molar refractivity (Wildman–Crippen MR) is 88.4 cm³/mol. The molecule has 0 bridgehead atoms.